The molecule has 0 spiro atoms. The third-order valence-electron chi connectivity index (χ3n) is 3.74. The molecule has 108 valence electrons. The Kier molecular flexibility index (Phi) is 5.15. The topological polar surface area (TPSA) is 42.1 Å². The molecule has 2 atom stereocenters. The minimum absolute atomic E-state index is 0.198. The molecule has 0 amide bonds. The van der Waals surface area contributed by atoms with Crippen LogP contribution in [0, 0.1) is 0 Å². The van der Waals surface area contributed by atoms with Crippen molar-refractivity contribution in [2.75, 3.05) is 11.9 Å². The van der Waals surface area contributed by atoms with E-state index in [0.717, 1.165) is 18.7 Å². The van der Waals surface area contributed by atoms with Crippen molar-refractivity contribution in [2.45, 2.75) is 38.8 Å². The first-order valence-electron chi connectivity index (χ1n) is 7.09. The van der Waals surface area contributed by atoms with E-state index in [1.54, 1.807) is 11.3 Å². The van der Waals surface area contributed by atoms with E-state index in [0.29, 0.717) is 6.04 Å². The maximum atomic E-state index is 6.10. The van der Waals surface area contributed by atoms with Gasteiger partial charge in [-0.1, -0.05) is 19.1 Å². The molecule has 2 aromatic rings. The van der Waals surface area contributed by atoms with Gasteiger partial charge in [-0.05, 0) is 42.8 Å². The number of hydrogen-bond acceptors (Lipinski definition) is 4. The molecule has 0 saturated carbocycles. The van der Waals surface area contributed by atoms with Crippen molar-refractivity contribution in [1.29, 1.82) is 0 Å². The van der Waals surface area contributed by atoms with Gasteiger partial charge in [0.2, 0.25) is 0 Å². The molecule has 2 heterocycles. The zero-order chi connectivity index (χ0) is 14.5. The number of pyridine rings is 1. The van der Waals surface area contributed by atoms with Gasteiger partial charge in [-0.2, -0.15) is 0 Å². The fourth-order valence-corrected chi connectivity index (χ4v) is 3.06. The molecule has 20 heavy (non-hydrogen) atoms. The molecule has 0 aromatic carbocycles. The number of rotatable bonds is 6. The van der Waals surface area contributed by atoms with Gasteiger partial charge in [0.15, 0.2) is 0 Å². The second-order valence-electron chi connectivity index (χ2n) is 5.16. The number of thiophene rings is 1. The smallest absolute Gasteiger partial charge is 0.132 e. The van der Waals surface area contributed by atoms with Gasteiger partial charge in [0.05, 0.1) is 6.04 Å². The van der Waals surface area contributed by atoms with Crippen LogP contribution in [-0.2, 0) is 6.42 Å². The molecule has 0 aliphatic heterocycles. The van der Waals surface area contributed by atoms with Crippen LogP contribution in [0.4, 0.5) is 5.82 Å². The van der Waals surface area contributed by atoms with Crippen molar-refractivity contribution in [1.82, 2.24) is 4.98 Å². The summed E-state index contributed by atoms with van der Waals surface area (Å²) in [5.74, 6) is 1.04. The Labute approximate surface area is 125 Å². The number of anilines is 1. The zero-order valence-corrected chi connectivity index (χ0v) is 13.2. The Balaban J connectivity index is 2.23. The summed E-state index contributed by atoms with van der Waals surface area (Å²) in [6.07, 6.45) is 3.72. The van der Waals surface area contributed by atoms with Gasteiger partial charge in [-0.25, -0.2) is 4.98 Å². The Morgan fingerprint density at radius 3 is 2.80 bits per heavy atom. The molecule has 3 nitrogen and oxygen atoms in total. The quantitative estimate of drug-likeness (QED) is 0.883. The maximum Gasteiger partial charge on any atom is 0.132 e. The highest BCUT2D eigenvalue weighted by Crippen LogP contribution is 2.29. The van der Waals surface area contributed by atoms with Crippen LogP contribution in [0.3, 0.4) is 0 Å². The summed E-state index contributed by atoms with van der Waals surface area (Å²) in [4.78, 5) is 8.16. The van der Waals surface area contributed by atoms with Crippen molar-refractivity contribution in [3.63, 3.8) is 0 Å². The van der Waals surface area contributed by atoms with E-state index in [9.17, 15) is 0 Å². The number of aromatic nitrogens is 1. The van der Waals surface area contributed by atoms with Gasteiger partial charge in [0, 0.05) is 24.2 Å². The molecule has 2 rings (SSSR count). The van der Waals surface area contributed by atoms with Gasteiger partial charge in [-0.15, -0.1) is 11.3 Å². The van der Waals surface area contributed by atoms with Gasteiger partial charge in [0.1, 0.15) is 5.82 Å². The van der Waals surface area contributed by atoms with E-state index >= 15 is 0 Å². The average Bonchev–Trinajstić information content (AvgIpc) is 3.00. The van der Waals surface area contributed by atoms with Gasteiger partial charge in [0.25, 0.3) is 0 Å². The van der Waals surface area contributed by atoms with Crippen LogP contribution in [0.5, 0.6) is 0 Å². The zero-order valence-electron chi connectivity index (χ0n) is 12.4. The van der Waals surface area contributed by atoms with Crippen molar-refractivity contribution in [3.8, 4) is 0 Å². The third-order valence-corrected chi connectivity index (χ3v) is 4.79. The highest BCUT2D eigenvalue weighted by atomic mass is 32.1. The first-order chi connectivity index (χ1) is 9.63. The first kappa shape index (κ1) is 15.0. The third kappa shape index (κ3) is 3.38. The summed E-state index contributed by atoms with van der Waals surface area (Å²) in [6.45, 7) is 4.34. The number of nitrogens with zero attached hydrogens (tertiary/aromatic N) is 2. The van der Waals surface area contributed by atoms with E-state index in [4.69, 9.17) is 5.73 Å². The molecule has 4 heteroatoms. The lowest BCUT2D eigenvalue weighted by atomic mass is 10.0. The molecule has 0 saturated heterocycles. The summed E-state index contributed by atoms with van der Waals surface area (Å²) < 4.78 is 0. The predicted molar refractivity (Wildman–Crippen MR) is 87.3 cm³/mol. The fraction of sp³-hybridized carbons (Fsp3) is 0.438. The molecule has 2 unspecified atom stereocenters. The van der Waals surface area contributed by atoms with Crippen LogP contribution in [0.25, 0.3) is 0 Å². The van der Waals surface area contributed by atoms with Crippen LogP contribution in [0.15, 0.2) is 35.8 Å². The minimum atomic E-state index is 0.198. The standard InChI is InChI=1S/C16H23N3S/c1-4-14(17)11-13-7-5-9-18-16(13)19(3)12(2)15-8-6-10-20-15/h5-10,12,14H,4,11,17H2,1-3H3. The Bertz CT molecular complexity index is 524. The molecule has 2 aromatic heterocycles. The van der Waals surface area contributed by atoms with Crippen LogP contribution in [-0.4, -0.2) is 18.1 Å². The van der Waals surface area contributed by atoms with Crippen molar-refractivity contribution < 1.29 is 0 Å². The molecule has 0 aliphatic rings. The minimum Gasteiger partial charge on any atom is -0.352 e. The predicted octanol–water partition coefficient (Wildman–Crippen LogP) is 3.62. The van der Waals surface area contributed by atoms with Crippen molar-refractivity contribution >= 4 is 17.2 Å². The van der Waals surface area contributed by atoms with Gasteiger partial charge in [-0.3, -0.25) is 0 Å². The lowest BCUT2D eigenvalue weighted by Crippen LogP contribution is -2.26. The first-order valence-corrected chi connectivity index (χ1v) is 7.97. The molecular weight excluding hydrogens is 266 g/mol. The summed E-state index contributed by atoms with van der Waals surface area (Å²) in [5.41, 5.74) is 7.33. The number of hydrogen-bond donors (Lipinski definition) is 1. The largest absolute Gasteiger partial charge is 0.352 e. The summed E-state index contributed by atoms with van der Waals surface area (Å²) in [6, 6.07) is 8.91. The highest BCUT2D eigenvalue weighted by Gasteiger charge is 2.17. The molecule has 0 fully saturated rings. The average molecular weight is 289 g/mol. The van der Waals surface area contributed by atoms with Crippen LogP contribution in [0.2, 0.25) is 0 Å². The fourth-order valence-electron chi connectivity index (χ4n) is 2.24. The Morgan fingerprint density at radius 2 is 2.15 bits per heavy atom. The molecule has 0 aliphatic carbocycles. The normalized spacial score (nSPS) is 14.0. The van der Waals surface area contributed by atoms with Crippen molar-refractivity contribution in [3.05, 3.63) is 46.3 Å². The summed E-state index contributed by atoms with van der Waals surface area (Å²) in [7, 11) is 2.10. The number of nitrogens with two attached hydrogens (primary N) is 1. The van der Waals surface area contributed by atoms with Gasteiger partial charge >= 0.3 is 0 Å². The van der Waals surface area contributed by atoms with E-state index in [-0.39, 0.29) is 6.04 Å². The van der Waals surface area contributed by atoms with E-state index in [1.165, 1.54) is 10.4 Å². The van der Waals surface area contributed by atoms with E-state index in [2.05, 4.69) is 54.4 Å². The molecule has 0 bridgehead atoms. The lowest BCUT2D eigenvalue weighted by Gasteiger charge is -2.27. The lowest BCUT2D eigenvalue weighted by molar-refractivity contribution is 0.639. The SMILES string of the molecule is CCC(N)Cc1cccnc1N(C)C(C)c1cccs1. The van der Waals surface area contributed by atoms with Crippen LogP contribution >= 0.6 is 11.3 Å². The molecule has 0 radical (unpaired) electrons. The second-order valence-corrected chi connectivity index (χ2v) is 6.14. The second kappa shape index (κ2) is 6.86. The molecular formula is C16H23N3S. The monoisotopic (exact) mass is 289 g/mol. The van der Waals surface area contributed by atoms with Crippen LogP contribution < -0.4 is 10.6 Å². The van der Waals surface area contributed by atoms with Crippen molar-refractivity contribution in [2.24, 2.45) is 5.73 Å². The summed E-state index contributed by atoms with van der Waals surface area (Å²) >= 11 is 1.78. The summed E-state index contributed by atoms with van der Waals surface area (Å²) in [5, 5.41) is 2.12. The molecule has 2 N–H and O–H groups in total. The Hall–Kier alpha value is -1.39. The van der Waals surface area contributed by atoms with Crippen LogP contribution in [0.1, 0.15) is 36.8 Å². The van der Waals surface area contributed by atoms with Gasteiger partial charge < -0.3 is 10.6 Å². The maximum absolute atomic E-state index is 6.10. The Morgan fingerprint density at radius 1 is 1.35 bits per heavy atom. The van der Waals surface area contributed by atoms with E-state index in [1.807, 2.05) is 12.3 Å². The van der Waals surface area contributed by atoms with E-state index < -0.39 is 0 Å². The highest BCUT2D eigenvalue weighted by molar-refractivity contribution is 7.10.